The number of carboxylic acid groups (broad SMARTS) is 1. The molecule has 0 saturated heterocycles. The first-order valence-corrected chi connectivity index (χ1v) is 8.14. The molecule has 3 unspecified atom stereocenters. The fraction of sp³-hybridized carbons (Fsp3) is 0.538. The number of aliphatic carboxylic acids is 1. The van der Waals surface area contributed by atoms with Crippen LogP contribution in [0.5, 0.6) is 0 Å². The van der Waals surface area contributed by atoms with Gasteiger partial charge in [0.15, 0.2) is 0 Å². The zero-order valence-electron chi connectivity index (χ0n) is 14.1. The second-order valence-corrected chi connectivity index (χ2v) is 5.73. The molecular weight excluding hydrogens is 384 g/mol. The smallest absolute Gasteiger partial charge is 0.326 e. The Bertz CT molecular complexity index is 614. The van der Waals surface area contributed by atoms with E-state index >= 15 is 0 Å². The summed E-state index contributed by atoms with van der Waals surface area (Å²) >= 11 is 3.89. The van der Waals surface area contributed by atoms with Gasteiger partial charge in [-0.3, -0.25) is 24.0 Å². The lowest BCUT2D eigenvalue weighted by molar-refractivity contribution is -0.143. The van der Waals surface area contributed by atoms with Crippen LogP contribution in [0, 0.1) is 0 Å². The van der Waals surface area contributed by atoms with Gasteiger partial charge < -0.3 is 38.3 Å². The second-order valence-electron chi connectivity index (χ2n) is 5.37. The molecule has 14 heteroatoms. The molecule has 0 fully saturated rings. The summed E-state index contributed by atoms with van der Waals surface area (Å²) in [5.41, 5.74) is 15.2. The van der Waals surface area contributed by atoms with E-state index < -0.39 is 73.0 Å². The van der Waals surface area contributed by atoms with Gasteiger partial charge in [0.1, 0.15) is 12.1 Å². The largest absolute Gasteiger partial charge is 0.480 e. The summed E-state index contributed by atoms with van der Waals surface area (Å²) in [7, 11) is 0. The molecule has 5 amide bonds. The summed E-state index contributed by atoms with van der Waals surface area (Å²) in [6.45, 7) is -0.630. The third-order valence-corrected chi connectivity index (χ3v) is 3.40. The Hall–Kier alpha value is -2.87. The summed E-state index contributed by atoms with van der Waals surface area (Å²) < 4.78 is 0. The molecule has 0 radical (unpaired) electrons. The summed E-state index contributed by atoms with van der Waals surface area (Å²) in [5.74, 6) is -5.88. The molecule has 0 aromatic rings. The summed E-state index contributed by atoms with van der Waals surface area (Å²) in [5, 5.41) is 15.3. The maximum atomic E-state index is 12.0. The molecule has 0 aromatic carbocycles. The number of carbonyl (C=O) groups is 6. The first kappa shape index (κ1) is 24.1. The molecule has 0 aliphatic heterocycles. The molecule has 3 atom stereocenters. The lowest BCUT2D eigenvalue weighted by Gasteiger charge is -2.19. The van der Waals surface area contributed by atoms with Crippen LogP contribution >= 0.6 is 12.6 Å². The topological polar surface area (TPSA) is 237 Å². The fourth-order valence-electron chi connectivity index (χ4n) is 1.72. The van der Waals surface area contributed by atoms with Crippen molar-refractivity contribution in [1.29, 1.82) is 0 Å². The minimum atomic E-state index is -1.54. The lowest BCUT2D eigenvalue weighted by atomic mass is 10.2. The average molecular weight is 406 g/mol. The lowest BCUT2D eigenvalue weighted by Crippen LogP contribution is -2.54. The third-order valence-electron chi connectivity index (χ3n) is 3.04. The van der Waals surface area contributed by atoms with Crippen molar-refractivity contribution in [2.24, 2.45) is 17.2 Å². The Labute approximate surface area is 159 Å². The van der Waals surface area contributed by atoms with Gasteiger partial charge in [-0.1, -0.05) is 0 Å². The van der Waals surface area contributed by atoms with Crippen molar-refractivity contribution in [1.82, 2.24) is 16.0 Å². The van der Waals surface area contributed by atoms with Gasteiger partial charge in [-0.15, -0.1) is 0 Å². The molecule has 0 aliphatic carbocycles. The molecule has 0 rings (SSSR count). The van der Waals surface area contributed by atoms with Crippen LogP contribution in [0.2, 0.25) is 0 Å². The highest BCUT2D eigenvalue weighted by Gasteiger charge is 2.25. The third kappa shape index (κ3) is 10.0. The molecule has 0 bridgehead atoms. The van der Waals surface area contributed by atoms with E-state index in [0.29, 0.717) is 0 Å². The molecule has 152 valence electrons. The quantitative estimate of drug-likeness (QED) is 0.146. The number of carbonyl (C=O) groups excluding carboxylic acids is 5. The van der Waals surface area contributed by atoms with E-state index in [0.717, 1.165) is 0 Å². The molecule has 0 saturated carbocycles. The second kappa shape index (κ2) is 11.7. The number of carboxylic acids is 1. The molecule has 10 N–H and O–H groups in total. The number of hydrogen-bond acceptors (Lipinski definition) is 8. The van der Waals surface area contributed by atoms with Crippen LogP contribution in [0.15, 0.2) is 0 Å². The predicted molar refractivity (Wildman–Crippen MR) is 94.0 cm³/mol. The predicted octanol–water partition coefficient (Wildman–Crippen LogP) is -4.84. The monoisotopic (exact) mass is 406 g/mol. The van der Waals surface area contributed by atoms with Crippen LogP contribution in [0.4, 0.5) is 0 Å². The Morgan fingerprint density at radius 1 is 0.889 bits per heavy atom. The summed E-state index contributed by atoms with van der Waals surface area (Å²) in [6, 6.07) is -3.97. The zero-order chi connectivity index (χ0) is 21.1. The van der Waals surface area contributed by atoms with E-state index in [1.807, 2.05) is 5.32 Å². The van der Waals surface area contributed by atoms with Gasteiger partial charge in [0, 0.05) is 5.75 Å². The van der Waals surface area contributed by atoms with Crippen LogP contribution in [0.3, 0.4) is 0 Å². The fourth-order valence-corrected chi connectivity index (χ4v) is 1.98. The van der Waals surface area contributed by atoms with Gasteiger partial charge in [0.25, 0.3) is 0 Å². The number of thiol groups is 1. The molecule has 0 aromatic heterocycles. The van der Waals surface area contributed by atoms with Gasteiger partial charge >= 0.3 is 5.97 Å². The van der Waals surface area contributed by atoms with Crippen LogP contribution in [-0.2, 0) is 28.8 Å². The number of rotatable bonds is 12. The van der Waals surface area contributed by atoms with Crippen molar-refractivity contribution in [3.63, 3.8) is 0 Å². The van der Waals surface area contributed by atoms with E-state index in [9.17, 15) is 28.8 Å². The minimum absolute atomic E-state index is 0.151. The molecule has 0 heterocycles. The van der Waals surface area contributed by atoms with Crippen LogP contribution in [0.1, 0.15) is 12.8 Å². The van der Waals surface area contributed by atoms with E-state index in [1.54, 1.807) is 0 Å². The number of amides is 5. The van der Waals surface area contributed by atoms with Crippen LogP contribution in [-0.4, -0.2) is 71.0 Å². The van der Waals surface area contributed by atoms with E-state index in [1.165, 1.54) is 0 Å². The maximum absolute atomic E-state index is 12.0. The maximum Gasteiger partial charge on any atom is 0.326 e. The average Bonchev–Trinajstić information content (AvgIpc) is 2.55. The Balaban J connectivity index is 4.60. The normalized spacial score (nSPS) is 13.6. The highest BCUT2D eigenvalue weighted by molar-refractivity contribution is 7.80. The number of hydrogen-bond donors (Lipinski definition) is 8. The first-order valence-electron chi connectivity index (χ1n) is 7.51. The number of primary amides is 2. The van der Waals surface area contributed by atoms with Gasteiger partial charge in [-0.25, -0.2) is 4.79 Å². The van der Waals surface area contributed by atoms with Crippen molar-refractivity contribution in [2.45, 2.75) is 31.0 Å². The van der Waals surface area contributed by atoms with Crippen LogP contribution < -0.4 is 33.2 Å². The van der Waals surface area contributed by atoms with Crippen molar-refractivity contribution >= 4 is 48.1 Å². The van der Waals surface area contributed by atoms with Crippen molar-refractivity contribution < 1.29 is 33.9 Å². The Morgan fingerprint density at radius 2 is 1.44 bits per heavy atom. The minimum Gasteiger partial charge on any atom is -0.480 e. The van der Waals surface area contributed by atoms with Crippen molar-refractivity contribution in [3.8, 4) is 0 Å². The Kier molecular flexibility index (Phi) is 10.4. The van der Waals surface area contributed by atoms with Crippen molar-refractivity contribution in [3.05, 3.63) is 0 Å². The molecule has 0 spiro atoms. The molecular formula is C13H22N6O7S. The molecule has 27 heavy (non-hydrogen) atoms. The SMILES string of the molecule is NC(=O)CC(N)C(=O)NC(CS)C(=O)NCC(=O)NC(CC(N)=O)C(=O)O. The van der Waals surface area contributed by atoms with Gasteiger partial charge in [-0.05, 0) is 0 Å². The van der Waals surface area contributed by atoms with Crippen molar-refractivity contribution in [2.75, 3.05) is 12.3 Å². The van der Waals surface area contributed by atoms with E-state index in [4.69, 9.17) is 22.3 Å². The van der Waals surface area contributed by atoms with Crippen LogP contribution in [0.25, 0.3) is 0 Å². The Morgan fingerprint density at radius 3 is 1.89 bits per heavy atom. The number of nitrogens with two attached hydrogens (primary N) is 3. The summed E-state index contributed by atoms with van der Waals surface area (Å²) in [6.07, 6.45) is -1.05. The molecule has 13 nitrogen and oxygen atoms in total. The first-order chi connectivity index (χ1) is 12.5. The zero-order valence-corrected chi connectivity index (χ0v) is 15.0. The van der Waals surface area contributed by atoms with Gasteiger partial charge in [-0.2, -0.15) is 12.6 Å². The highest BCUT2D eigenvalue weighted by atomic mass is 32.1. The van der Waals surface area contributed by atoms with E-state index in [2.05, 4.69) is 23.3 Å². The molecule has 0 aliphatic rings. The van der Waals surface area contributed by atoms with E-state index in [-0.39, 0.29) is 5.75 Å². The number of nitrogens with one attached hydrogen (secondary N) is 3. The van der Waals surface area contributed by atoms with Gasteiger partial charge in [0.2, 0.25) is 29.5 Å². The standard InChI is InChI=1S/C13H22N6O7S/c14-5(1-8(15)20)11(23)19-7(4-27)12(24)17-3-10(22)18-6(13(25)26)2-9(16)21/h5-7,27H,1-4,14H2,(H2,15,20)(H2,16,21)(H,17,24)(H,18,22)(H,19,23)(H,25,26). The van der Waals surface area contributed by atoms with Gasteiger partial charge in [0.05, 0.1) is 25.4 Å². The summed E-state index contributed by atoms with van der Waals surface area (Å²) in [4.78, 5) is 67.8. The highest BCUT2D eigenvalue weighted by Crippen LogP contribution is 1.94.